The first-order chi connectivity index (χ1) is 20.8. The number of nitrogens with one attached hydrogen (secondary N) is 4. The van der Waals surface area contributed by atoms with Crippen molar-refractivity contribution >= 4 is 75.2 Å². The second-order valence-electron chi connectivity index (χ2n) is 9.32. The van der Waals surface area contributed by atoms with Crippen LogP contribution in [0.25, 0.3) is 0 Å². The van der Waals surface area contributed by atoms with Crippen LogP contribution < -0.4 is 37.4 Å². The van der Waals surface area contributed by atoms with Crippen molar-refractivity contribution < 1.29 is 9.90 Å². The van der Waals surface area contributed by atoms with E-state index in [1.807, 2.05) is 18.2 Å². The molecular weight excluding hydrogens is 596 g/mol. The van der Waals surface area contributed by atoms with Gasteiger partial charge in [0.1, 0.15) is 35.2 Å². The summed E-state index contributed by atoms with van der Waals surface area (Å²) in [6.07, 6.45) is 0.570. The van der Waals surface area contributed by atoms with Crippen LogP contribution >= 0.6 is 31.7 Å². The summed E-state index contributed by atoms with van der Waals surface area (Å²) < 4.78 is 0. The molecule has 0 aliphatic heterocycles. The number of carbonyl (C=O) groups is 1. The lowest BCUT2D eigenvalue weighted by Gasteiger charge is -2.28. The minimum atomic E-state index is -2.15. The predicted octanol–water partition coefficient (Wildman–Crippen LogP) is 3.97. The summed E-state index contributed by atoms with van der Waals surface area (Å²) in [7, 11) is -0.467. The van der Waals surface area contributed by atoms with Crippen molar-refractivity contribution in [3.8, 4) is 0 Å². The van der Waals surface area contributed by atoms with Gasteiger partial charge in [0.2, 0.25) is 0 Å². The Bertz CT molecular complexity index is 1520. The van der Waals surface area contributed by atoms with Crippen LogP contribution in [0.3, 0.4) is 0 Å². The Morgan fingerprint density at radius 3 is 1.58 bits per heavy atom. The van der Waals surface area contributed by atoms with E-state index in [0.29, 0.717) is 33.5 Å². The summed E-state index contributed by atoms with van der Waals surface area (Å²) in [6, 6.07) is 37.9. The van der Waals surface area contributed by atoms with E-state index in [1.54, 1.807) is 26.1 Å². The highest BCUT2D eigenvalue weighted by Crippen LogP contribution is 2.54. The van der Waals surface area contributed by atoms with E-state index in [0.717, 1.165) is 0 Å². The minimum absolute atomic E-state index is 0.168. The smallest absolute Gasteiger partial charge is 0.335 e. The third-order valence-electron chi connectivity index (χ3n) is 6.64. The fraction of sp³-hybridized carbons (Fsp3) is 0.0938. The average Bonchev–Trinajstić information content (AvgIpc) is 3.05. The molecule has 0 saturated carbocycles. The molecule has 0 fully saturated rings. The number of rotatable bonds is 10. The molecule has 0 amide bonds. The summed E-state index contributed by atoms with van der Waals surface area (Å²) in [6.45, 7) is 1.78. The van der Waals surface area contributed by atoms with E-state index in [4.69, 9.17) is 24.4 Å². The molecule has 5 N–H and O–H groups in total. The number of hydrazone groups is 2. The normalized spacial score (nSPS) is 11.8. The standard InChI is InChI=1S/C32H31N6O2PS2/c1-23(29(36-37-31(42)33-2)24-18-20-25(21-19-24)30(39)40)35-38-32(43)34-22-41(26-12-6-3-7-13-26,27-14-8-4-9-15-27)28-16-10-5-11-17-28/h3-21H,22H2,1-2H3,(H4-,33,34,35,36,37,38,39,40,42,43)/p+1. The van der Waals surface area contributed by atoms with Crippen molar-refractivity contribution in [1.29, 1.82) is 0 Å². The van der Waals surface area contributed by atoms with Crippen LogP contribution in [0.2, 0.25) is 0 Å². The first kappa shape index (κ1) is 31.4. The fourth-order valence-electron chi connectivity index (χ4n) is 4.47. The Kier molecular flexibility index (Phi) is 11.0. The Hall–Kier alpha value is -4.50. The van der Waals surface area contributed by atoms with Crippen LogP contribution in [-0.2, 0) is 0 Å². The maximum Gasteiger partial charge on any atom is 0.335 e. The van der Waals surface area contributed by atoms with Crippen LogP contribution in [0, 0.1) is 0 Å². The zero-order chi connectivity index (χ0) is 30.7. The molecule has 218 valence electrons. The Labute approximate surface area is 262 Å². The molecule has 0 spiro atoms. The Balaban J connectivity index is 1.61. The lowest BCUT2D eigenvalue weighted by Crippen LogP contribution is -2.42. The first-order valence-electron chi connectivity index (χ1n) is 13.4. The largest absolute Gasteiger partial charge is 0.478 e. The highest BCUT2D eigenvalue weighted by atomic mass is 32.1. The minimum Gasteiger partial charge on any atom is -0.478 e. The molecule has 4 rings (SSSR count). The Morgan fingerprint density at radius 1 is 0.698 bits per heavy atom. The van der Waals surface area contributed by atoms with Crippen molar-refractivity contribution in [1.82, 2.24) is 21.5 Å². The molecule has 4 aromatic rings. The van der Waals surface area contributed by atoms with Gasteiger partial charge in [-0.25, -0.2) is 4.79 Å². The third kappa shape index (κ3) is 7.87. The topological polar surface area (TPSA) is 110 Å². The number of nitrogens with zero attached hydrogens (tertiary/aromatic N) is 2. The summed E-state index contributed by atoms with van der Waals surface area (Å²) in [5.41, 5.74) is 7.53. The number of aromatic carboxylic acids is 1. The van der Waals surface area contributed by atoms with Gasteiger partial charge >= 0.3 is 5.97 Å². The molecule has 0 aromatic heterocycles. The molecule has 0 heterocycles. The number of hydrogen-bond acceptors (Lipinski definition) is 5. The number of benzene rings is 4. The maximum absolute atomic E-state index is 11.3. The van der Waals surface area contributed by atoms with E-state index in [-0.39, 0.29) is 5.56 Å². The van der Waals surface area contributed by atoms with Gasteiger partial charge in [-0.1, -0.05) is 66.7 Å². The van der Waals surface area contributed by atoms with E-state index < -0.39 is 13.2 Å². The lowest BCUT2D eigenvalue weighted by atomic mass is 10.0. The molecule has 11 heteroatoms. The molecular formula is C32H32N6O2PS2+. The summed E-state index contributed by atoms with van der Waals surface area (Å²) in [5, 5.41) is 28.8. The molecule has 0 bridgehead atoms. The van der Waals surface area contributed by atoms with Gasteiger partial charge in [0.05, 0.1) is 11.3 Å². The average molecular weight is 628 g/mol. The second-order valence-corrected chi connectivity index (χ2v) is 13.6. The molecule has 0 aliphatic carbocycles. The molecule has 0 saturated heterocycles. The van der Waals surface area contributed by atoms with Crippen molar-refractivity contribution in [3.05, 3.63) is 126 Å². The van der Waals surface area contributed by atoms with Gasteiger partial charge in [-0.15, -0.1) is 0 Å². The Morgan fingerprint density at radius 2 is 1.14 bits per heavy atom. The van der Waals surface area contributed by atoms with Crippen LogP contribution in [0.1, 0.15) is 22.8 Å². The number of carboxylic acid groups (broad SMARTS) is 1. The number of carboxylic acids is 1. The van der Waals surface area contributed by atoms with Crippen molar-refractivity contribution in [3.63, 3.8) is 0 Å². The quantitative estimate of drug-likeness (QED) is 0.0778. The summed E-state index contributed by atoms with van der Waals surface area (Å²) in [5.74, 6) is -1.01. The predicted molar refractivity (Wildman–Crippen MR) is 187 cm³/mol. The number of hydrogen-bond donors (Lipinski definition) is 5. The van der Waals surface area contributed by atoms with Crippen molar-refractivity contribution in [2.45, 2.75) is 6.92 Å². The van der Waals surface area contributed by atoms with Crippen LogP contribution in [0.15, 0.2) is 125 Å². The van der Waals surface area contributed by atoms with E-state index >= 15 is 0 Å². The zero-order valence-electron chi connectivity index (χ0n) is 23.7. The van der Waals surface area contributed by atoms with Crippen LogP contribution in [0.4, 0.5) is 0 Å². The second kappa shape index (κ2) is 15.1. The monoisotopic (exact) mass is 627 g/mol. The molecule has 4 aromatic carbocycles. The molecule has 0 radical (unpaired) electrons. The van der Waals surface area contributed by atoms with Gasteiger partial charge < -0.3 is 15.7 Å². The van der Waals surface area contributed by atoms with Gasteiger partial charge in [-0.05, 0) is 79.9 Å². The third-order valence-corrected chi connectivity index (χ3v) is 11.3. The molecule has 8 nitrogen and oxygen atoms in total. The number of thiocarbonyl (C=S) groups is 2. The highest BCUT2D eigenvalue weighted by molar-refractivity contribution is 7.95. The van der Waals surface area contributed by atoms with Crippen LogP contribution in [-0.4, -0.2) is 46.1 Å². The molecule has 0 aliphatic rings. The maximum atomic E-state index is 11.3. The molecule has 43 heavy (non-hydrogen) atoms. The fourth-order valence-corrected chi connectivity index (χ4v) is 8.62. The molecule has 0 unspecified atom stereocenters. The van der Waals surface area contributed by atoms with Crippen LogP contribution in [0.5, 0.6) is 0 Å². The highest BCUT2D eigenvalue weighted by Gasteiger charge is 2.45. The summed E-state index contributed by atoms with van der Waals surface area (Å²) in [4.78, 5) is 11.3. The van der Waals surface area contributed by atoms with Gasteiger partial charge in [-0.2, -0.15) is 10.2 Å². The van der Waals surface area contributed by atoms with Gasteiger partial charge in [0.15, 0.2) is 10.2 Å². The summed E-state index contributed by atoms with van der Waals surface area (Å²) >= 11 is 10.9. The lowest BCUT2D eigenvalue weighted by molar-refractivity contribution is 0.0697. The van der Waals surface area contributed by atoms with Gasteiger partial charge in [0, 0.05) is 12.6 Å². The van der Waals surface area contributed by atoms with E-state index in [9.17, 15) is 9.90 Å². The first-order valence-corrected chi connectivity index (χ1v) is 16.2. The van der Waals surface area contributed by atoms with Crippen molar-refractivity contribution in [2.75, 3.05) is 13.3 Å². The zero-order valence-corrected chi connectivity index (χ0v) is 26.2. The van der Waals surface area contributed by atoms with Crippen molar-refractivity contribution in [2.24, 2.45) is 10.2 Å². The SMILES string of the molecule is CNC(=S)N/N=C(/C(C)=N/NC(=S)NC[P+](c1ccccc1)(c1ccccc1)c1ccccc1)c1ccc(C(=O)O)cc1. The van der Waals surface area contributed by atoms with Gasteiger partial charge in [0.25, 0.3) is 0 Å². The van der Waals surface area contributed by atoms with E-state index in [2.05, 4.69) is 104 Å². The molecule has 0 atom stereocenters. The van der Waals surface area contributed by atoms with Gasteiger partial charge in [-0.3, -0.25) is 10.9 Å². The van der Waals surface area contributed by atoms with E-state index in [1.165, 1.54) is 28.0 Å².